The summed E-state index contributed by atoms with van der Waals surface area (Å²) in [6.07, 6.45) is 1.44. The SMILES string of the molecule is Nc1cc2c(cc1C(=O)Nc1ccnc(Cl)n1)OCO2. The van der Waals surface area contributed by atoms with Crippen molar-refractivity contribution in [1.82, 2.24) is 9.97 Å². The second-order valence-corrected chi connectivity index (χ2v) is 4.30. The molecular weight excluding hydrogens is 284 g/mol. The van der Waals surface area contributed by atoms with E-state index in [9.17, 15) is 4.79 Å². The van der Waals surface area contributed by atoms with Crippen molar-refractivity contribution in [3.63, 3.8) is 0 Å². The molecule has 8 heteroatoms. The first-order valence-electron chi connectivity index (χ1n) is 5.62. The van der Waals surface area contributed by atoms with E-state index in [-0.39, 0.29) is 29.1 Å². The van der Waals surface area contributed by atoms with Gasteiger partial charge in [0.25, 0.3) is 5.91 Å². The number of nitrogens with one attached hydrogen (secondary N) is 1. The van der Waals surface area contributed by atoms with Crippen molar-refractivity contribution in [3.8, 4) is 11.5 Å². The molecule has 0 spiro atoms. The van der Waals surface area contributed by atoms with E-state index in [1.807, 2.05) is 0 Å². The number of hydrogen-bond donors (Lipinski definition) is 2. The van der Waals surface area contributed by atoms with Crippen molar-refractivity contribution in [2.24, 2.45) is 0 Å². The van der Waals surface area contributed by atoms with Crippen LogP contribution in [0.1, 0.15) is 10.4 Å². The lowest BCUT2D eigenvalue weighted by Gasteiger charge is -2.08. The van der Waals surface area contributed by atoms with Gasteiger partial charge in [0.1, 0.15) is 5.82 Å². The summed E-state index contributed by atoms with van der Waals surface area (Å²) in [5.74, 6) is 0.858. The van der Waals surface area contributed by atoms with Gasteiger partial charge in [-0.3, -0.25) is 4.79 Å². The number of nitrogen functional groups attached to an aromatic ring is 1. The van der Waals surface area contributed by atoms with Crippen LogP contribution in [0.15, 0.2) is 24.4 Å². The predicted molar refractivity (Wildman–Crippen MR) is 72.0 cm³/mol. The highest BCUT2D eigenvalue weighted by atomic mass is 35.5. The highest BCUT2D eigenvalue weighted by molar-refractivity contribution is 6.28. The van der Waals surface area contributed by atoms with Gasteiger partial charge in [0.2, 0.25) is 12.1 Å². The summed E-state index contributed by atoms with van der Waals surface area (Å²) in [5.41, 5.74) is 6.37. The van der Waals surface area contributed by atoms with Crippen LogP contribution in [0.3, 0.4) is 0 Å². The zero-order valence-corrected chi connectivity index (χ0v) is 10.8. The third kappa shape index (κ3) is 2.30. The molecule has 1 aromatic heterocycles. The van der Waals surface area contributed by atoms with Gasteiger partial charge in [0.05, 0.1) is 5.56 Å². The molecular formula is C12H9ClN4O3. The van der Waals surface area contributed by atoms with E-state index in [0.717, 1.165) is 0 Å². The maximum absolute atomic E-state index is 12.2. The van der Waals surface area contributed by atoms with Gasteiger partial charge >= 0.3 is 0 Å². The molecule has 0 radical (unpaired) electrons. The Morgan fingerprint density at radius 3 is 2.85 bits per heavy atom. The van der Waals surface area contributed by atoms with Gasteiger partial charge in [-0.05, 0) is 23.7 Å². The standard InChI is InChI=1S/C12H9ClN4O3/c13-12-15-2-1-10(17-12)16-11(18)6-3-8-9(4-7(6)14)20-5-19-8/h1-4H,5,14H2,(H,15,16,17,18). The molecule has 0 fully saturated rings. The fourth-order valence-electron chi connectivity index (χ4n) is 1.74. The zero-order chi connectivity index (χ0) is 14.1. The molecule has 3 N–H and O–H groups in total. The molecule has 0 atom stereocenters. The smallest absolute Gasteiger partial charge is 0.259 e. The van der Waals surface area contributed by atoms with E-state index >= 15 is 0 Å². The molecule has 0 aliphatic carbocycles. The molecule has 1 amide bonds. The monoisotopic (exact) mass is 292 g/mol. The van der Waals surface area contributed by atoms with Gasteiger partial charge in [-0.15, -0.1) is 0 Å². The second-order valence-electron chi connectivity index (χ2n) is 3.96. The number of rotatable bonds is 2. The van der Waals surface area contributed by atoms with Crippen LogP contribution in [-0.4, -0.2) is 22.7 Å². The van der Waals surface area contributed by atoms with Crippen molar-refractivity contribution < 1.29 is 14.3 Å². The van der Waals surface area contributed by atoms with Gasteiger partial charge in [0.15, 0.2) is 11.5 Å². The topological polar surface area (TPSA) is 99.4 Å². The van der Waals surface area contributed by atoms with Crippen molar-refractivity contribution in [2.75, 3.05) is 17.8 Å². The van der Waals surface area contributed by atoms with E-state index in [0.29, 0.717) is 11.5 Å². The maximum Gasteiger partial charge on any atom is 0.259 e. The predicted octanol–water partition coefficient (Wildman–Crippen LogP) is 1.69. The van der Waals surface area contributed by atoms with Crippen LogP contribution in [0, 0.1) is 0 Å². The Kier molecular flexibility index (Phi) is 3.03. The van der Waals surface area contributed by atoms with Gasteiger partial charge in [0, 0.05) is 18.0 Å². The first kappa shape index (κ1) is 12.5. The lowest BCUT2D eigenvalue weighted by molar-refractivity contribution is 0.102. The van der Waals surface area contributed by atoms with Gasteiger partial charge < -0.3 is 20.5 Å². The summed E-state index contributed by atoms with van der Waals surface area (Å²) in [6.45, 7) is 0.112. The highest BCUT2D eigenvalue weighted by Gasteiger charge is 2.20. The minimum Gasteiger partial charge on any atom is -0.454 e. The van der Waals surface area contributed by atoms with Crippen molar-refractivity contribution in [1.29, 1.82) is 0 Å². The van der Waals surface area contributed by atoms with Crippen molar-refractivity contribution >= 4 is 29.0 Å². The minimum atomic E-state index is -0.421. The molecule has 7 nitrogen and oxygen atoms in total. The van der Waals surface area contributed by atoms with Crippen LogP contribution in [0.5, 0.6) is 11.5 Å². The number of nitrogens with zero attached hydrogens (tertiary/aromatic N) is 2. The number of hydrogen-bond acceptors (Lipinski definition) is 6. The fraction of sp³-hybridized carbons (Fsp3) is 0.0833. The summed E-state index contributed by atoms with van der Waals surface area (Å²) >= 11 is 5.65. The summed E-state index contributed by atoms with van der Waals surface area (Å²) < 4.78 is 10.4. The Morgan fingerprint density at radius 1 is 1.35 bits per heavy atom. The number of anilines is 2. The number of halogens is 1. The summed E-state index contributed by atoms with van der Waals surface area (Å²) in [5, 5.41) is 2.62. The molecule has 20 heavy (non-hydrogen) atoms. The normalized spacial score (nSPS) is 12.2. The van der Waals surface area contributed by atoms with Gasteiger partial charge in [-0.2, -0.15) is 0 Å². The van der Waals surface area contributed by atoms with E-state index in [1.54, 1.807) is 6.07 Å². The molecule has 0 unspecified atom stereocenters. The van der Waals surface area contributed by atoms with E-state index in [4.69, 9.17) is 26.8 Å². The summed E-state index contributed by atoms with van der Waals surface area (Å²) in [6, 6.07) is 4.59. The molecule has 1 aliphatic heterocycles. The Morgan fingerprint density at radius 2 is 2.10 bits per heavy atom. The molecule has 2 aromatic rings. The van der Waals surface area contributed by atoms with E-state index in [1.165, 1.54) is 18.3 Å². The minimum absolute atomic E-state index is 0.0430. The van der Waals surface area contributed by atoms with Crippen LogP contribution in [0.2, 0.25) is 5.28 Å². The Labute approximate surface area is 118 Å². The van der Waals surface area contributed by atoms with Gasteiger partial charge in [-0.1, -0.05) is 0 Å². The zero-order valence-electron chi connectivity index (χ0n) is 10.1. The second kappa shape index (κ2) is 4.86. The first-order chi connectivity index (χ1) is 9.63. The molecule has 0 saturated carbocycles. The molecule has 1 aliphatic rings. The van der Waals surface area contributed by atoms with Crippen molar-refractivity contribution in [2.45, 2.75) is 0 Å². The molecule has 3 rings (SSSR count). The lowest BCUT2D eigenvalue weighted by Crippen LogP contribution is -2.15. The number of aromatic nitrogens is 2. The molecule has 2 heterocycles. The number of benzene rings is 1. The maximum atomic E-state index is 12.2. The van der Waals surface area contributed by atoms with Crippen LogP contribution in [0.25, 0.3) is 0 Å². The average Bonchev–Trinajstić information content (AvgIpc) is 2.84. The van der Waals surface area contributed by atoms with Crippen LogP contribution in [-0.2, 0) is 0 Å². The van der Waals surface area contributed by atoms with Crippen LogP contribution < -0.4 is 20.5 Å². The highest BCUT2D eigenvalue weighted by Crippen LogP contribution is 2.36. The summed E-state index contributed by atoms with van der Waals surface area (Å²) in [4.78, 5) is 19.7. The van der Waals surface area contributed by atoms with E-state index < -0.39 is 5.91 Å². The quantitative estimate of drug-likeness (QED) is 0.645. The Bertz CT molecular complexity index is 692. The van der Waals surface area contributed by atoms with Gasteiger partial charge in [-0.25, -0.2) is 9.97 Å². The van der Waals surface area contributed by atoms with Crippen LogP contribution >= 0.6 is 11.6 Å². The Balaban J connectivity index is 1.87. The third-order valence-electron chi connectivity index (χ3n) is 2.66. The third-order valence-corrected chi connectivity index (χ3v) is 2.84. The number of carbonyl (C=O) groups excluding carboxylic acids is 1. The first-order valence-corrected chi connectivity index (χ1v) is 6.00. The average molecular weight is 293 g/mol. The number of carbonyl (C=O) groups is 1. The molecule has 0 saturated heterocycles. The number of fused-ring (bicyclic) bond motifs is 1. The molecule has 1 aromatic carbocycles. The fourth-order valence-corrected chi connectivity index (χ4v) is 1.89. The number of ether oxygens (including phenoxy) is 2. The largest absolute Gasteiger partial charge is 0.454 e. The molecule has 102 valence electrons. The van der Waals surface area contributed by atoms with E-state index in [2.05, 4.69) is 15.3 Å². The van der Waals surface area contributed by atoms with Crippen LogP contribution in [0.4, 0.5) is 11.5 Å². The lowest BCUT2D eigenvalue weighted by atomic mass is 10.1. The summed E-state index contributed by atoms with van der Waals surface area (Å²) in [7, 11) is 0. The number of amides is 1. The Hall–Kier alpha value is -2.54. The number of nitrogens with two attached hydrogens (primary N) is 1. The molecule has 0 bridgehead atoms. The van der Waals surface area contributed by atoms with Crippen molar-refractivity contribution in [3.05, 3.63) is 35.2 Å².